The number of nitrogens with zero attached hydrogens (tertiary/aromatic N) is 3. The number of likely N-dealkylation sites (N-methyl/N-ethyl adjacent to an activating group) is 1. The molecular weight excluding hydrogens is 364 g/mol. The van der Waals surface area contributed by atoms with E-state index >= 15 is 0 Å². The molecule has 1 atom stereocenters. The molecule has 0 spiro atoms. The number of aromatic nitrogens is 2. The number of rotatable bonds is 5. The monoisotopic (exact) mass is 386 g/mol. The fourth-order valence-corrected chi connectivity index (χ4v) is 5.31. The van der Waals surface area contributed by atoms with Crippen LogP contribution in [0.15, 0.2) is 24.3 Å². The fraction of sp³-hybridized carbons (Fsp3) is 0.400. The first-order chi connectivity index (χ1) is 12.5. The van der Waals surface area contributed by atoms with Gasteiger partial charge in [-0.3, -0.25) is 0 Å². The van der Waals surface area contributed by atoms with Crippen LogP contribution in [0.3, 0.4) is 0 Å². The van der Waals surface area contributed by atoms with Crippen LogP contribution in [0.2, 0.25) is 5.02 Å². The number of nitrogens with one attached hydrogen (secondary N) is 1. The van der Waals surface area contributed by atoms with Gasteiger partial charge in [0.15, 0.2) is 0 Å². The van der Waals surface area contributed by atoms with Gasteiger partial charge in [0.2, 0.25) is 0 Å². The summed E-state index contributed by atoms with van der Waals surface area (Å²) in [5.74, 6) is 1.78. The van der Waals surface area contributed by atoms with Gasteiger partial charge in [-0.1, -0.05) is 29.8 Å². The molecular formula is C20H23ClN4S. The van der Waals surface area contributed by atoms with E-state index in [0.29, 0.717) is 0 Å². The minimum Gasteiger partial charge on any atom is -0.367 e. The van der Waals surface area contributed by atoms with Crippen molar-refractivity contribution in [1.29, 1.82) is 0 Å². The van der Waals surface area contributed by atoms with Crippen molar-refractivity contribution in [3.63, 3.8) is 0 Å². The van der Waals surface area contributed by atoms with Crippen LogP contribution in [-0.4, -0.2) is 35.5 Å². The number of thiophene rings is 1. The summed E-state index contributed by atoms with van der Waals surface area (Å²) in [7, 11) is 4.16. The Morgan fingerprint density at radius 3 is 2.81 bits per heavy atom. The Kier molecular flexibility index (Phi) is 4.86. The number of benzene rings is 1. The minimum absolute atomic E-state index is 0.167. The van der Waals surface area contributed by atoms with E-state index in [0.717, 1.165) is 40.0 Å². The summed E-state index contributed by atoms with van der Waals surface area (Å²) in [4.78, 5) is 14.2. The van der Waals surface area contributed by atoms with Gasteiger partial charge in [0.25, 0.3) is 0 Å². The number of anilines is 1. The lowest BCUT2D eigenvalue weighted by atomic mass is 10.1. The second kappa shape index (κ2) is 7.14. The molecule has 0 aliphatic heterocycles. The predicted molar refractivity (Wildman–Crippen MR) is 111 cm³/mol. The van der Waals surface area contributed by atoms with E-state index in [9.17, 15) is 0 Å². The first-order valence-electron chi connectivity index (χ1n) is 8.98. The Morgan fingerprint density at radius 1 is 1.23 bits per heavy atom. The molecule has 2 aromatic heterocycles. The Labute approximate surface area is 163 Å². The SMILES string of the molecule is Cc1nc(NCC(c2ccccc2Cl)N(C)C)c2c3c(sc2n1)CCC3. The molecule has 1 unspecified atom stereocenters. The highest BCUT2D eigenvalue weighted by Crippen LogP contribution is 2.39. The molecule has 3 aromatic rings. The van der Waals surface area contributed by atoms with E-state index in [-0.39, 0.29) is 6.04 Å². The zero-order valence-electron chi connectivity index (χ0n) is 15.3. The van der Waals surface area contributed by atoms with Gasteiger partial charge >= 0.3 is 0 Å². The topological polar surface area (TPSA) is 41.1 Å². The molecule has 4 rings (SSSR count). The average molecular weight is 387 g/mol. The van der Waals surface area contributed by atoms with Crippen LogP contribution in [0.5, 0.6) is 0 Å². The molecule has 0 radical (unpaired) electrons. The van der Waals surface area contributed by atoms with E-state index < -0.39 is 0 Å². The van der Waals surface area contributed by atoms with Crippen LogP contribution in [0.4, 0.5) is 5.82 Å². The summed E-state index contributed by atoms with van der Waals surface area (Å²) < 4.78 is 0. The van der Waals surface area contributed by atoms with Crippen molar-refractivity contribution in [3.8, 4) is 0 Å². The van der Waals surface area contributed by atoms with E-state index in [2.05, 4.69) is 35.4 Å². The first kappa shape index (κ1) is 17.7. The van der Waals surface area contributed by atoms with Crippen LogP contribution in [0.25, 0.3) is 10.2 Å². The van der Waals surface area contributed by atoms with Crippen LogP contribution < -0.4 is 5.32 Å². The maximum atomic E-state index is 6.45. The largest absolute Gasteiger partial charge is 0.367 e. The maximum absolute atomic E-state index is 6.45. The van der Waals surface area contributed by atoms with E-state index in [1.807, 2.05) is 36.5 Å². The normalized spacial score (nSPS) is 14.8. The molecule has 26 heavy (non-hydrogen) atoms. The van der Waals surface area contributed by atoms with Gasteiger partial charge in [-0.05, 0) is 57.5 Å². The first-order valence-corrected chi connectivity index (χ1v) is 10.2. The third-order valence-corrected chi connectivity index (χ3v) is 6.56. The molecule has 1 N–H and O–H groups in total. The van der Waals surface area contributed by atoms with Gasteiger partial charge in [-0.25, -0.2) is 9.97 Å². The Bertz CT molecular complexity index is 950. The number of hydrogen-bond acceptors (Lipinski definition) is 5. The van der Waals surface area contributed by atoms with Gasteiger partial charge in [-0.15, -0.1) is 11.3 Å². The van der Waals surface area contributed by atoms with E-state index in [4.69, 9.17) is 16.6 Å². The second-order valence-electron chi connectivity index (χ2n) is 7.04. The predicted octanol–water partition coefficient (Wildman–Crippen LogP) is 4.86. The quantitative estimate of drug-likeness (QED) is 0.680. The van der Waals surface area contributed by atoms with Crippen molar-refractivity contribution < 1.29 is 0 Å². The lowest BCUT2D eigenvalue weighted by molar-refractivity contribution is 0.312. The van der Waals surface area contributed by atoms with Crippen molar-refractivity contribution in [2.24, 2.45) is 0 Å². The number of hydrogen-bond donors (Lipinski definition) is 1. The minimum atomic E-state index is 0.167. The van der Waals surface area contributed by atoms with Crippen LogP contribution in [0, 0.1) is 6.92 Å². The van der Waals surface area contributed by atoms with Gasteiger partial charge in [-0.2, -0.15) is 0 Å². The molecule has 4 nitrogen and oxygen atoms in total. The third kappa shape index (κ3) is 3.20. The molecule has 6 heteroatoms. The molecule has 136 valence electrons. The lowest BCUT2D eigenvalue weighted by Gasteiger charge is -2.26. The van der Waals surface area contributed by atoms with Crippen molar-refractivity contribution in [3.05, 3.63) is 51.1 Å². The van der Waals surface area contributed by atoms with Crippen molar-refractivity contribution in [2.45, 2.75) is 32.2 Å². The van der Waals surface area contributed by atoms with Crippen LogP contribution in [0.1, 0.15) is 34.3 Å². The molecule has 1 aliphatic rings. The highest BCUT2D eigenvalue weighted by Gasteiger charge is 2.23. The molecule has 0 fully saturated rings. The van der Waals surface area contributed by atoms with Gasteiger partial charge in [0.1, 0.15) is 16.5 Å². The molecule has 2 heterocycles. The van der Waals surface area contributed by atoms with Gasteiger partial charge in [0, 0.05) is 16.4 Å². The van der Waals surface area contributed by atoms with Crippen LogP contribution >= 0.6 is 22.9 Å². The fourth-order valence-electron chi connectivity index (χ4n) is 3.74. The number of halogens is 1. The smallest absolute Gasteiger partial charge is 0.138 e. The summed E-state index contributed by atoms with van der Waals surface area (Å²) >= 11 is 8.28. The highest BCUT2D eigenvalue weighted by molar-refractivity contribution is 7.19. The number of fused-ring (bicyclic) bond motifs is 3. The van der Waals surface area contributed by atoms with Crippen LogP contribution in [-0.2, 0) is 12.8 Å². The number of aryl methyl sites for hydroxylation is 3. The summed E-state index contributed by atoms with van der Waals surface area (Å²) in [5, 5.41) is 5.63. The molecule has 0 saturated carbocycles. The Balaban J connectivity index is 1.67. The zero-order valence-corrected chi connectivity index (χ0v) is 16.9. The molecule has 1 aromatic carbocycles. The average Bonchev–Trinajstić information content (AvgIpc) is 3.16. The van der Waals surface area contributed by atoms with Gasteiger partial charge in [0.05, 0.1) is 11.4 Å². The highest BCUT2D eigenvalue weighted by atomic mass is 35.5. The molecule has 1 aliphatic carbocycles. The lowest BCUT2D eigenvalue weighted by Crippen LogP contribution is -2.27. The molecule has 0 bridgehead atoms. The standard InChI is InChI=1S/C20H23ClN4S/c1-12-23-19(18-14-8-6-10-17(14)26-20(18)24-12)22-11-16(25(2)3)13-7-4-5-9-15(13)21/h4-5,7,9,16H,6,8,10-11H2,1-3H3,(H,22,23,24). The zero-order chi connectivity index (χ0) is 18.3. The van der Waals surface area contributed by atoms with E-state index in [1.165, 1.54) is 28.7 Å². The summed E-state index contributed by atoms with van der Waals surface area (Å²) in [5.41, 5.74) is 2.58. The Morgan fingerprint density at radius 2 is 2.04 bits per heavy atom. The summed E-state index contributed by atoms with van der Waals surface area (Å²) in [6.07, 6.45) is 3.55. The maximum Gasteiger partial charge on any atom is 0.138 e. The van der Waals surface area contributed by atoms with Crippen molar-refractivity contribution in [1.82, 2.24) is 14.9 Å². The van der Waals surface area contributed by atoms with E-state index in [1.54, 1.807) is 0 Å². The summed E-state index contributed by atoms with van der Waals surface area (Å²) in [6, 6.07) is 8.22. The van der Waals surface area contributed by atoms with Crippen molar-refractivity contribution >= 4 is 39.0 Å². The Hall–Kier alpha value is -1.69. The third-order valence-electron chi connectivity index (χ3n) is 5.03. The summed E-state index contributed by atoms with van der Waals surface area (Å²) in [6.45, 7) is 2.71. The van der Waals surface area contributed by atoms with Gasteiger partial charge < -0.3 is 10.2 Å². The molecule has 0 saturated heterocycles. The van der Waals surface area contributed by atoms with Crippen molar-refractivity contribution in [2.75, 3.05) is 26.0 Å². The second-order valence-corrected chi connectivity index (χ2v) is 8.53. The molecule has 0 amide bonds.